The van der Waals surface area contributed by atoms with Crippen LogP contribution >= 0.6 is 0 Å². The largest absolute Gasteiger partial charge is 0.504 e. The summed E-state index contributed by atoms with van der Waals surface area (Å²) in [5.74, 6) is -0.334. The quantitative estimate of drug-likeness (QED) is 0.303. The third-order valence-electron chi connectivity index (χ3n) is 0.999. The molecule has 0 spiro atoms. The number of hydrogen-bond donors (Lipinski definition) is 3. The minimum absolute atomic E-state index is 0.149. The highest BCUT2D eigenvalue weighted by atomic mass is 16.3. The highest BCUT2D eigenvalue weighted by Crippen LogP contribution is 2.25. The lowest BCUT2D eigenvalue weighted by Gasteiger charge is -1.95. The van der Waals surface area contributed by atoms with Gasteiger partial charge < -0.3 is 15.9 Å². The first-order valence-corrected chi connectivity index (χ1v) is 3.47. The molecule has 0 amide bonds. The lowest BCUT2D eigenvalue weighted by atomic mass is 10.3. The number of anilines is 1. The van der Waals surface area contributed by atoms with Crippen LogP contribution in [-0.2, 0) is 0 Å². The number of nitrogen functional groups attached to an aromatic ring is 1. The lowest BCUT2D eigenvalue weighted by molar-refractivity contribution is 0.404. The van der Waals surface area contributed by atoms with Crippen LogP contribution in [0.4, 0.5) is 5.69 Å². The summed E-state index contributed by atoms with van der Waals surface area (Å²) >= 11 is 0. The van der Waals surface area contributed by atoms with E-state index in [1.807, 2.05) is 13.8 Å². The smallest absolute Gasteiger partial charge is 0.159 e. The zero-order chi connectivity index (χ0) is 8.85. The van der Waals surface area contributed by atoms with E-state index in [1.165, 1.54) is 18.2 Å². The molecular formula is C8H13NO2. The van der Waals surface area contributed by atoms with Crippen molar-refractivity contribution in [3.8, 4) is 11.5 Å². The Hall–Kier alpha value is -1.38. The Morgan fingerprint density at radius 2 is 1.64 bits per heavy atom. The van der Waals surface area contributed by atoms with Crippen LogP contribution in [0.25, 0.3) is 0 Å². The fourth-order valence-corrected chi connectivity index (χ4v) is 0.540. The molecule has 0 aromatic heterocycles. The third kappa shape index (κ3) is 2.80. The van der Waals surface area contributed by atoms with Gasteiger partial charge in [0.25, 0.3) is 0 Å². The molecule has 4 N–H and O–H groups in total. The van der Waals surface area contributed by atoms with Crippen molar-refractivity contribution in [2.75, 3.05) is 5.73 Å². The van der Waals surface area contributed by atoms with Crippen molar-refractivity contribution < 1.29 is 10.2 Å². The van der Waals surface area contributed by atoms with Crippen molar-refractivity contribution in [3.05, 3.63) is 18.2 Å². The van der Waals surface area contributed by atoms with Gasteiger partial charge in [-0.05, 0) is 12.1 Å². The van der Waals surface area contributed by atoms with Gasteiger partial charge in [0.05, 0.1) is 0 Å². The van der Waals surface area contributed by atoms with E-state index < -0.39 is 0 Å². The number of rotatable bonds is 0. The zero-order valence-electron chi connectivity index (χ0n) is 6.70. The van der Waals surface area contributed by atoms with Crippen LogP contribution in [0.3, 0.4) is 0 Å². The Morgan fingerprint density at radius 3 is 2.00 bits per heavy atom. The van der Waals surface area contributed by atoms with Crippen LogP contribution in [0.2, 0.25) is 0 Å². The minimum Gasteiger partial charge on any atom is -0.504 e. The zero-order valence-corrected chi connectivity index (χ0v) is 6.70. The van der Waals surface area contributed by atoms with Crippen LogP contribution in [0, 0.1) is 0 Å². The summed E-state index contributed by atoms with van der Waals surface area (Å²) in [6.07, 6.45) is 0. The average Bonchev–Trinajstić information content (AvgIpc) is 2.02. The van der Waals surface area contributed by atoms with Crippen LogP contribution in [0.1, 0.15) is 13.8 Å². The van der Waals surface area contributed by atoms with Crippen LogP contribution in [0.15, 0.2) is 18.2 Å². The molecule has 1 aromatic carbocycles. The summed E-state index contributed by atoms with van der Waals surface area (Å²) in [4.78, 5) is 0. The first-order valence-electron chi connectivity index (χ1n) is 3.47. The molecule has 0 aliphatic carbocycles. The monoisotopic (exact) mass is 155 g/mol. The summed E-state index contributed by atoms with van der Waals surface area (Å²) < 4.78 is 0. The van der Waals surface area contributed by atoms with Crippen LogP contribution in [0.5, 0.6) is 11.5 Å². The van der Waals surface area contributed by atoms with E-state index >= 15 is 0 Å². The summed E-state index contributed by atoms with van der Waals surface area (Å²) in [5, 5.41) is 17.5. The SMILES string of the molecule is CC.Nc1ccc(O)c(O)c1. The molecule has 1 rings (SSSR count). The van der Waals surface area contributed by atoms with Crippen molar-refractivity contribution in [1.29, 1.82) is 0 Å². The first kappa shape index (κ1) is 9.62. The number of phenols is 2. The molecule has 0 saturated heterocycles. The maximum Gasteiger partial charge on any atom is 0.159 e. The predicted molar refractivity (Wildman–Crippen MR) is 45.5 cm³/mol. The predicted octanol–water partition coefficient (Wildman–Crippen LogP) is 1.71. The highest BCUT2D eigenvalue weighted by molar-refractivity contribution is 5.50. The van der Waals surface area contributed by atoms with Crippen LogP contribution < -0.4 is 5.73 Å². The van der Waals surface area contributed by atoms with Gasteiger partial charge in [0.2, 0.25) is 0 Å². The average molecular weight is 155 g/mol. The van der Waals surface area contributed by atoms with E-state index in [2.05, 4.69) is 0 Å². The highest BCUT2D eigenvalue weighted by Gasteiger charge is 1.95. The summed E-state index contributed by atoms with van der Waals surface area (Å²) in [6, 6.07) is 4.13. The molecule has 62 valence electrons. The van der Waals surface area contributed by atoms with Gasteiger partial charge in [-0.2, -0.15) is 0 Å². The van der Waals surface area contributed by atoms with E-state index in [1.54, 1.807) is 0 Å². The van der Waals surface area contributed by atoms with Gasteiger partial charge >= 0.3 is 0 Å². The van der Waals surface area contributed by atoms with Crippen molar-refractivity contribution in [1.82, 2.24) is 0 Å². The van der Waals surface area contributed by atoms with Crippen molar-refractivity contribution in [2.24, 2.45) is 0 Å². The van der Waals surface area contributed by atoms with E-state index in [0.717, 1.165) is 0 Å². The molecule has 0 aliphatic heterocycles. The number of hydrogen-bond acceptors (Lipinski definition) is 3. The molecule has 0 heterocycles. The number of phenolic OH excluding ortho intramolecular Hbond substituents is 2. The standard InChI is InChI=1S/C6H7NO2.C2H6/c7-4-1-2-5(8)6(9)3-4;1-2/h1-3,8-9H,7H2;1-2H3. The Labute approximate surface area is 66.1 Å². The molecule has 0 saturated carbocycles. The third-order valence-corrected chi connectivity index (χ3v) is 0.999. The maximum absolute atomic E-state index is 8.77. The van der Waals surface area contributed by atoms with E-state index in [9.17, 15) is 0 Å². The van der Waals surface area contributed by atoms with Crippen molar-refractivity contribution in [3.63, 3.8) is 0 Å². The van der Waals surface area contributed by atoms with Crippen molar-refractivity contribution in [2.45, 2.75) is 13.8 Å². The van der Waals surface area contributed by atoms with Gasteiger partial charge in [-0.15, -0.1) is 0 Å². The molecule has 0 bridgehead atoms. The number of nitrogens with two attached hydrogens (primary N) is 1. The molecule has 3 heteroatoms. The van der Waals surface area contributed by atoms with Gasteiger partial charge in [0.1, 0.15) is 0 Å². The fraction of sp³-hybridized carbons (Fsp3) is 0.250. The van der Waals surface area contributed by atoms with Gasteiger partial charge in [-0.1, -0.05) is 13.8 Å². The van der Waals surface area contributed by atoms with Gasteiger partial charge in [-0.25, -0.2) is 0 Å². The van der Waals surface area contributed by atoms with Gasteiger partial charge in [-0.3, -0.25) is 0 Å². The molecule has 1 aromatic rings. The molecule has 0 radical (unpaired) electrons. The van der Waals surface area contributed by atoms with Crippen molar-refractivity contribution >= 4 is 5.69 Å². The number of aromatic hydroxyl groups is 2. The summed E-state index contributed by atoms with van der Waals surface area (Å²) in [7, 11) is 0. The van der Waals surface area contributed by atoms with E-state index in [4.69, 9.17) is 15.9 Å². The lowest BCUT2D eigenvalue weighted by Crippen LogP contribution is -1.81. The molecule has 0 aliphatic rings. The van der Waals surface area contributed by atoms with E-state index in [-0.39, 0.29) is 11.5 Å². The second-order valence-corrected chi connectivity index (χ2v) is 1.75. The summed E-state index contributed by atoms with van der Waals surface area (Å²) in [6.45, 7) is 4.00. The minimum atomic E-state index is -0.185. The second kappa shape index (κ2) is 4.44. The molecule has 0 fully saturated rings. The Balaban J connectivity index is 0.000000461. The Kier molecular flexibility index (Phi) is 3.88. The molecule has 0 atom stereocenters. The Bertz CT molecular complexity index is 223. The molecular weight excluding hydrogens is 142 g/mol. The molecule has 0 unspecified atom stereocenters. The molecule has 11 heavy (non-hydrogen) atoms. The number of benzene rings is 1. The second-order valence-electron chi connectivity index (χ2n) is 1.75. The molecule has 3 nitrogen and oxygen atoms in total. The summed E-state index contributed by atoms with van der Waals surface area (Å²) in [5.41, 5.74) is 5.69. The fourth-order valence-electron chi connectivity index (χ4n) is 0.540. The van der Waals surface area contributed by atoms with E-state index in [0.29, 0.717) is 5.69 Å². The van der Waals surface area contributed by atoms with Crippen LogP contribution in [-0.4, -0.2) is 10.2 Å². The topological polar surface area (TPSA) is 66.5 Å². The maximum atomic E-state index is 8.77. The van der Waals surface area contributed by atoms with Gasteiger partial charge in [0.15, 0.2) is 11.5 Å². The first-order chi connectivity index (χ1) is 5.20. The normalized spacial score (nSPS) is 8.18. The Morgan fingerprint density at radius 1 is 1.09 bits per heavy atom. The van der Waals surface area contributed by atoms with Gasteiger partial charge in [0, 0.05) is 11.8 Å².